The molecule has 0 radical (unpaired) electrons. The fraction of sp³-hybridized carbons (Fsp3) is 0.125. The van der Waals surface area contributed by atoms with Gasteiger partial charge in [-0.25, -0.2) is 0 Å². The monoisotopic (exact) mass is 264 g/mol. The van der Waals surface area contributed by atoms with Crippen molar-refractivity contribution in [3.05, 3.63) is 65.2 Å². The minimum atomic E-state index is -1.06. The molecule has 0 aromatic heterocycles. The van der Waals surface area contributed by atoms with Gasteiger partial charge in [0.05, 0.1) is 0 Å². The molecule has 0 fully saturated rings. The lowest BCUT2D eigenvalue weighted by Crippen LogP contribution is -2.48. The molecule has 1 atom stereocenters. The van der Waals surface area contributed by atoms with E-state index < -0.39 is 5.54 Å². The van der Waals surface area contributed by atoms with Gasteiger partial charge in [-0.1, -0.05) is 36.4 Å². The summed E-state index contributed by atoms with van der Waals surface area (Å²) in [4.78, 5) is 26.6. The number of hydrogen-bond donors (Lipinski definition) is 1. The fourth-order valence-electron chi connectivity index (χ4n) is 3.25. The zero-order chi connectivity index (χ0) is 13.9. The van der Waals surface area contributed by atoms with Crippen molar-refractivity contribution in [2.75, 3.05) is 11.9 Å². The van der Waals surface area contributed by atoms with Crippen LogP contribution in [0.2, 0.25) is 0 Å². The third-order valence-electron chi connectivity index (χ3n) is 4.17. The van der Waals surface area contributed by atoms with Crippen molar-refractivity contribution in [2.45, 2.75) is 5.54 Å². The van der Waals surface area contributed by atoms with Gasteiger partial charge >= 0.3 is 0 Å². The van der Waals surface area contributed by atoms with E-state index in [1.54, 1.807) is 18.0 Å². The van der Waals surface area contributed by atoms with Crippen LogP contribution in [0.25, 0.3) is 0 Å². The highest BCUT2D eigenvalue weighted by Crippen LogP contribution is 2.47. The van der Waals surface area contributed by atoms with Crippen molar-refractivity contribution in [3.63, 3.8) is 0 Å². The van der Waals surface area contributed by atoms with Crippen molar-refractivity contribution in [2.24, 2.45) is 0 Å². The summed E-state index contributed by atoms with van der Waals surface area (Å²) in [6, 6.07) is 14.9. The summed E-state index contributed by atoms with van der Waals surface area (Å²) >= 11 is 0. The summed E-state index contributed by atoms with van der Waals surface area (Å²) in [5, 5.41) is 2.90. The normalized spacial score (nSPS) is 22.9. The first kappa shape index (κ1) is 11.2. The number of rotatable bonds is 0. The zero-order valence-corrected chi connectivity index (χ0v) is 10.9. The third-order valence-corrected chi connectivity index (χ3v) is 4.17. The molecule has 0 bridgehead atoms. The van der Waals surface area contributed by atoms with Crippen LogP contribution in [-0.2, 0) is 10.3 Å². The van der Waals surface area contributed by atoms with E-state index in [0.717, 1.165) is 16.8 Å². The van der Waals surface area contributed by atoms with E-state index in [1.807, 2.05) is 42.5 Å². The fourth-order valence-corrected chi connectivity index (χ4v) is 3.25. The molecule has 4 heteroatoms. The number of likely N-dealkylation sites (N-methyl/N-ethyl adjacent to an activating group) is 1. The Kier molecular flexibility index (Phi) is 1.95. The molecule has 1 unspecified atom stereocenters. The molecule has 2 aliphatic heterocycles. The lowest BCUT2D eigenvalue weighted by molar-refractivity contribution is -0.122. The standard InChI is InChI=1S/C16H12N2O2/c1-18-13-9-5-4-8-12(13)16(15(18)20)11-7-3-2-6-10(11)14(19)17-16/h2-9H,1H3,(H,17,19). The van der Waals surface area contributed by atoms with E-state index >= 15 is 0 Å². The second-order valence-corrected chi connectivity index (χ2v) is 5.13. The van der Waals surface area contributed by atoms with E-state index in [-0.39, 0.29) is 11.8 Å². The predicted octanol–water partition coefficient (Wildman–Crippen LogP) is 1.65. The highest BCUT2D eigenvalue weighted by Gasteiger charge is 2.56. The predicted molar refractivity (Wildman–Crippen MR) is 74.5 cm³/mol. The Morgan fingerprint density at radius 2 is 1.60 bits per heavy atom. The van der Waals surface area contributed by atoms with Crippen LogP contribution in [0, 0.1) is 0 Å². The maximum Gasteiger partial charge on any atom is 0.262 e. The maximum absolute atomic E-state index is 12.8. The van der Waals surface area contributed by atoms with Crippen molar-refractivity contribution in [3.8, 4) is 0 Å². The van der Waals surface area contributed by atoms with Crippen LogP contribution in [0.15, 0.2) is 48.5 Å². The minimum absolute atomic E-state index is 0.114. The first-order valence-electron chi connectivity index (χ1n) is 6.46. The zero-order valence-electron chi connectivity index (χ0n) is 10.9. The summed E-state index contributed by atoms with van der Waals surface area (Å²) in [7, 11) is 1.74. The van der Waals surface area contributed by atoms with Crippen LogP contribution in [-0.4, -0.2) is 18.9 Å². The number of nitrogens with zero attached hydrogens (tertiary/aromatic N) is 1. The summed E-state index contributed by atoms with van der Waals surface area (Å²) in [5.74, 6) is -0.309. The van der Waals surface area contributed by atoms with E-state index in [9.17, 15) is 9.59 Å². The minimum Gasteiger partial charge on any atom is -0.330 e. The highest BCUT2D eigenvalue weighted by atomic mass is 16.2. The molecule has 2 aromatic rings. The Bertz CT molecular complexity index is 769. The molecule has 98 valence electrons. The number of fused-ring (bicyclic) bond motifs is 4. The molecular weight excluding hydrogens is 252 g/mol. The number of anilines is 1. The Hall–Kier alpha value is -2.62. The molecule has 2 amide bonds. The molecule has 2 aromatic carbocycles. The quantitative estimate of drug-likeness (QED) is 0.786. The lowest BCUT2D eigenvalue weighted by Gasteiger charge is -2.23. The summed E-state index contributed by atoms with van der Waals surface area (Å²) in [6.45, 7) is 0. The average molecular weight is 264 g/mol. The van der Waals surface area contributed by atoms with Crippen LogP contribution in [0.5, 0.6) is 0 Å². The lowest BCUT2D eigenvalue weighted by atomic mass is 9.85. The topological polar surface area (TPSA) is 49.4 Å². The second-order valence-electron chi connectivity index (χ2n) is 5.13. The van der Waals surface area contributed by atoms with Crippen LogP contribution in [0.4, 0.5) is 5.69 Å². The highest BCUT2D eigenvalue weighted by molar-refractivity contribution is 6.17. The third kappa shape index (κ3) is 1.08. The van der Waals surface area contributed by atoms with Gasteiger partial charge in [0.1, 0.15) is 0 Å². The molecule has 4 nitrogen and oxygen atoms in total. The Balaban J connectivity index is 2.09. The second kappa shape index (κ2) is 3.48. The van der Waals surface area contributed by atoms with E-state index in [2.05, 4.69) is 5.32 Å². The largest absolute Gasteiger partial charge is 0.330 e. The number of carbonyl (C=O) groups is 2. The van der Waals surface area contributed by atoms with Gasteiger partial charge in [-0.3, -0.25) is 9.59 Å². The van der Waals surface area contributed by atoms with Crippen LogP contribution < -0.4 is 10.2 Å². The number of nitrogens with one attached hydrogen (secondary N) is 1. The van der Waals surface area contributed by atoms with Gasteiger partial charge in [-0.2, -0.15) is 0 Å². The maximum atomic E-state index is 12.8. The summed E-state index contributed by atoms with van der Waals surface area (Å²) in [5.41, 5.74) is 1.94. The molecule has 0 aliphatic carbocycles. The van der Waals surface area contributed by atoms with Crippen molar-refractivity contribution >= 4 is 17.5 Å². The van der Waals surface area contributed by atoms with Crippen LogP contribution >= 0.6 is 0 Å². The Morgan fingerprint density at radius 3 is 2.40 bits per heavy atom. The van der Waals surface area contributed by atoms with Gasteiger partial charge in [-0.05, 0) is 12.1 Å². The molecule has 4 rings (SSSR count). The molecule has 2 heterocycles. The van der Waals surface area contributed by atoms with Gasteiger partial charge in [-0.15, -0.1) is 0 Å². The van der Waals surface area contributed by atoms with Crippen LogP contribution in [0.1, 0.15) is 21.5 Å². The molecule has 20 heavy (non-hydrogen) atoms. The van der Waals surface area contributed by atoms with Gasteiger partial charge in [0, 0.05) is 29.4 Å². The molecule has 1 N–H and O–H groups in total. The average Bonchev–Trinajstić information content (AvgIpc) is 2.90. The van der Waals surface area contributed by atoms with Gasteiger partial charge in [0.2, 0.25) is 0 Å². The van der Waals surface area contributed by atoms with Crippen molar-refractivity contribution in [1.82, 2.24) is 5.32 Å². The van der Waals surface area contributed by atoms with E-state index in [1.165, 1.54) is 0 Å². The molecule has 0 saturated carbocycles. The van der Waals surface area contributed by atoms with Gasteiger partial charge in [0.25, 0.3) is 11.8 Å². The summed E-state index contributed by atoms with van der Waals surface area (Å²) < 4.78 is 0. The Labute approximate surface area is 116 Å². The van der Waals surface area contributed by atoms with E-state index in [4.69, 9.17) is 0 Å². The molecule has 0 saturated heterocycles. The first-order valence-corrected chi connectivity index (χ1v) is 6.46. The SMILES string of the molecule is CN1C(=O)C2(NC(=O)c3ccccc32)c2ccccc21. The number of benzene rings is 2. The van der Waals surface area contributed by atoms with Crippen molar-refractivity contribution in [1.29, 1.82) is 0 Å². The molecule has 1 spiro atoms. The molecular formula is C16H12N2O2. The first-order chi connectivity index (χ1) is 9.66. The number of amides is 2. The number of hydrogen-bond acceptors (Lipinski definition) is 2. The smallest absolute Gasteiger partial charge is 0.262 e. The number of carbonyl (C=O) groups excluding carboxylic acids is 2. The molecule has 2 aliphatic rings. The van der Waals surface area contributed by atoms with Crippen molar-refractivity contribution < 1.29 is 9.59 Å². The van der Waals surface area contributed by atoms with Crippen LogP contribution in [0.3, 0.4) is 0 Å². The van der Waals surface area contributed by atoms with Gasteiger partial charge < -0.3 is 10.2 Å². The summed E-state index contributed by atoms with van der Waals surface area (Å²) in [6.07, 6.45) is 0. The number of para-hydroxylation sites is 1. The van der Waals surface area contributed by atoms with E-state index in [0.29, 0.717) is 5.56 Å². The Morgan fingerprint density at radius 1 is 0.950 bits per heavy atom. The van der Waals surface area contributed by atoms with Gasteiger partial charge in [0.15, 0.2) is 5.54 Å².